The summed E-state index contributed by atoms with van der Waals surface area (Å²) in [5, 5.41) is 36.2. The van der Waals surface area contributed by atoms with Crippen molar-refractivity contribution in [2.75, 3.05) is 13.7 Å². The number of ether oxygens (including phenoxy) is 1. The Hall–Kier alpha value is -3.55. The highest BCUT2D eigenvalue weighted by molar-refractivity contribution is 5.78. The number of amides is 1. The Labute approximate surface area is 206 Å². The van der Waals surface area contributed by atoms with Gasteiger partial charge < -0.3 is 30.7 Å². The third kappa shape index (κ3) is 7.47. The molecule has 0 fully saturated rings. The molecule has 0 saturated carbocycles. The lowest BCUT2D eigenvalue weighted by atomic mass is 10.0. The molecule has 0 radical (unpaired) electrons. The van der Waals surface area contributed by atoms with Crippen LogP contribution in [0.1, 0.15) is 40.8 Å². The normalized spacial score (nSPS) is 12.7. The van der Waals surface area contributed by atoms with E-state index in [9.17, 15) is 20.1 Å². The molecule has 7 heteroatoms. The Morgan fingerprint density at radius 3 is 2.23 bits per heavy atom. The van der Waals surface area contributed by atoms with E-state index < -0.39 is 6.10 Å². The minimum atomic E-state index is -0.803. The summed E-state index contributed by atoms with van der Waals surface area (Å²) in [5.74, 6) is 0.351. The fourth-order valence-corrected chi connectivity index (χ4v) is 3.90. The first-order valence-electron chi connectivity index (χ1n) is 11.7. The van der Waals surface area contributed by atoms with Gasteiger partial charge in [0, 0.05) is 24.7 Å². The first-order valence-corrected chi connectivity index (χ1v) is 11.7. The number of phenols is 2. The summed E-state index contributed by atoms with van der Waals surface area (Å²) in [6, 6.07) is 18.7. The maximum Gasteiger partial charge on any atom is 0.224 e. The number of carbonyl (C=O) groups excluding carboxylic acids is 1. The topological polar surface area (TPSA) is 111 Å². The number of aliphatic hydroxyl groups is 1. The van der Waals surface area contributed by atoms with Crippen LogP contribution in [0.25, 0.3) is 0 Å². The van der Waals surface area contributed by atoms with Gasteiger partial charge in [-0.15, -0.1) is 0 Å². The van der Waals surface area contributed by atoms with Gasteiger partial charge in [0.1, 0.15) is 5.75 Å². The molecule has 0 saturated heterocycles. The number of phenolic OH excluding ortho intramolecular Hbond substituents is 2. The summed E-state index contributed by atoms with van der Waals surface area (Å²) >= 11 is 0. The highest BCUT2D eigenvalue weighted by Crippen LogP contribution is 2.33. The van der Waals surface area contributed by atoms with Gasteiger partial charge in [-0.05, 0) is 60.7 Å². The van der Waals surface area contributed by atoms with Crippen LogP contribution in [-0.4, -0.2) is 40.9 Å². The molecule has 3 rings (SSSR count). The van der Waals surface area contributed by atoms with Gasteiger partial charge in [-0.2, -0.15) is 0 Å². The van der Waals surface area contributed by atoms with Crippen molar-refractivity contribution in [1.82, 2.24) is 10.6 Å². The Balaban J connectivity index is 1.43. The van der Waals surface area contributed by atoms with Crippen LogP contribution >= 0.6 is 0 Å². The third-order valence-corrected chi connectivity index (χ3v) is 6.05. The molecule has 0 aliphatic rings. The van der Waals surface area contributed by atoms with Crippen LogP contribution in [0, 0.1) is 6.92 Å². The fraction of sp³-hybridized carbons (Fsp3) is 0.321. The van der Waals surface area contributed by atoms with Crippen molar-refractivity contribution in [3.05, 3.63) is 88.5 Å². The summed E-state index contributed by atoms with van der Waals surface area (Å²) in [6.45, 7) is 4.49. The molecule has 186 valence electrons. The van der Waals surface area contributed by atoms with E-state index in [0.29, 0.717) is 30.6 Å². The van der Waals surface area contributed by atoms with E-state index in [4.69, 9.17) is 4.74 Å². The number of aromatic hydroxyl groups is 2. The summed E-state index contributed by atoms with van der Waals surface area (Å²) in [6.07, 6.45) is 0.272. The molecule has 35 heavy (non-hydrogen) atoms. The summed E-state index contributed by atoms with van der Waals surface area (Å²) in [7, 11) is 1.62. The lowest BCUT2D eigenvalue weighted by Crippen LogP contribution is -2.32. The molecule has 0 heterocycles. The molecule has 7 nitrogen and oxygen atoms in total. The molecule has 5 N–H and O–H groups in total. The second-order valence-corrected chi connectivity index (χ2v) is 8.79. The van der Waals surface area contributed by atoms with Crippen LogP contribution in [0.3, 0.4) is 0 Å². The predicted octanol–water partition coefficient (Wildman–Crippen LogP) is 3.53. The van der Waals surface area contributed by atoms with Gasteiger partial charge in [-0.1, -0.05) is 42.5 Å². The SMILES string of the molecule is COc1ccc(CNC(=O)Cc2ccc(C[C@@H](C)NC[C@H](O)c3ccc(O)c(O)c3C)cc2)cc1. The maximum atomic E-state index is 12.3. The average Bonchev–Trinajstić information content (AvgIpc) is 2.86. The second-order valence-electron chi connectivity index (χ2n) is 8.79. The zero-order valence-electron chi connectivity index (χ0n) is 20.4. The molecule has 3 aromatic rings. The van der Waals surface area contributed by atoms with E-state index in [1.165, 1.54) is 6.07 Å². The van der Waals surface area contributed by atoms with Crippen molar-refractivity contribution in [2.24, 2.45) is 0 Å². The van der Waals surface area contributed by atoms with Crippen molar-refractivity contribution in [2.45, 2.75) is 45.4 Å². The Morgan fingerprint density at radius 1 is 0.943 bits per heavy atom. The standard InChI is InChI=1S/C28H34N2O5/c1-18(29-17-26(32)24-12-13-25(31)28(34)19(24)2)14-20-4-6-21(7-5-20)15-27(33)30-16-22-8-10-23(35-3)11-9-22/h4-13,18,26,29,31-32,34H,14-17H2,1-3H3,(H,30,33)/t18-,26+/m1/s1. The summed E-state index contributed by atoms with van der Waals surface area (Å²) in [5.41, 5.74) is 4.13. The number of hydrogen-bond acceptors (Lipinski definition) is 6. The van der Waals surface area contributed by atoms with E-state index in [-0.39, 0.29) is 23.4 Å². The van der Waals surface area contributed by atoms with Gasteiger partial charge in [0.2, 0.25) is 5.91 Å². The molecule has 0 unspecified atom stereocenters. The van der Waals surface area contributed by atoms with Crippen molar-refractivity contribution >= 4 is 5.91 Å². The Bertz CT molecular complexity index is 1110. The molecule has 0 aliphatic heterocycles. The monoisotopic (exact) mass is 478 g/mol. The van der Waals surface area contributed by atoms with Gasteiger partial charge in [0.05, 0.1) is 19.6 Å². The minimum Gasteiger partial charge on any atom is -0.504 e. The molecular formula is C28H34N2O5. The predicted molar refractivity (Wildman–Crippen MR) is 136 cm³/mol. The molecule has 3 aromatic carbocycles. The average molecular weight is 479 g/mol. The van der Waals surface area contributed by atoms with E-state index in [0.717, 1.165) is 28.9 Å². The number of methoxy groups -OCH3 is 1. The molecule has 0 aromatic heterocycles. The smallest absolute Gasteiger partial charge is 0.224 e. The molecule has 0 aliphatic carbocycles. The summed E-state index contributed by atoms with van der Waals surface area (Å²) < 4.78 is 5.14. The first kappa shape index (κ1) is 26.1. The Morgan fingerprint density at radius 2 is 1.57 bits per heavy atom. The quantitative estimate of drug-likeness (QED) is 0.270. The maximum absolute atomic E-state index is 12.3. The van der Waals surface area contributed by atoms with Crippen molar-refractivity contribution in [1.29, 1.82) is 0 Å². The number of rotatable bonds is 11. The number of benzene rings is 3. The first-order chi connectivity index (χ1) is 16.8. The second kappa shape index (κ2) is 12.2. The highest BCUT2D eigenvalue weighted by atomic mass is 16.5. The van der Waals surface area contributed by atoms with Crippen LogP contribution in [0.4, 0.5) is 0 Å². The fourth-order valence-electron chi connectivity index (χ4n) is 3.90. The molecule has 2 atom stereocenters. The van der Waals surface area contributed by atoms with Crippen molar-refractivity contribution in [3.63, 3.8) is 0 Å². The van der Waals surface area contributed by atoms with Crippen LogP contribution in [0.2, 0.25) is 0 Å². The largest absolute Gasteiger partial charge is 0.504 e. The lowest BCUT2D eigenvalue weighted by molar-refractivity contribution is -0.120. The molecule has 0 spiro atoms. The van der Waals surface area contributed by atoms with Crippen LogP contribution in [0.15, 0.2) is 60.7 Å². The number of hydrogen-bond donors (Lipinski definition) is 5. The van der Waals surface area contributed by atoms with Crippen molar-refractivity contribution in [3.8, 4) is 17.2 Å². The Kier molecular flexibility index (Phi) is 9.11. The number of carbonyl (C=O) groups is 1. The van der Waals surface area contributed by atoms with Crippen LogP contribution in [-0.2, 0) is 24.2 Å². The van der Waals surface area contributed by atoms with Crippen LogP contribution in [0.5, 0.6) is 17.2 Å². The van der Waals surface area contributed by atoms with Gasteiger partial charge in [0.25, 0.3) is 0 Å². The van der Waals surface area contributed by atoms with Gasteiger partial charge in [0.15, 0.2) is 11.5 Å². The third-order valence-electron chi connectivity index (χ3n) is 6.05. The minimum absolute atomic E-state index is 0.0341. The zero-order valence-corrected chi connectivity index (χ0v) is 20.4. The van der Waals surface area contributed by atoms with Crippen molar-refractivity contribution < 1.29 is 24.9 Å². The van der Waals surface area contributed by atoms with Gasteiger partial charge in [-0.25, -0.2) is 0 Å². The number of nitrogens with one attached hydrogen (secondary N) is 2. The molecule has 0 bridgehead atoms. The van der Waals surface area contributed by atoms with Gasteiger partial charge >= 0.3 is 0 Å². The van der Waals surface area contributed by atoms with E-state index in [1.54, 1.807) is 20.1 Å². The van der Waals surface area contributed by atoms with Gasteiger partial charge in [-0.3, -0.25) is 4.79 Å². The molecular weight excluding hydrogens is 444 g/mol. The van der Waals surface area contributed by atoms with E-state index in [2.05, 4.69) is 10.6 Å². The zero-order chi connectivity index (χ0) is 25.4. The highest BCUT2D eigenvalue weighted by Gasteiger charge is 2.16. The van der Waals surface area contributed by atoms with E-state index >= 15 is 0 Å². The summed E-state index contributed by atoms with van der Waals surface area (Å²) in [4.78, 5) is 12.3. The molecule has 1 amide bonds. The van der Waals surface area contributed by atoms with Crippen LogP contribution < -0.4 is 15.4 Å². The lowest BCUT2D eigenvalue weighted by Gasteiger charge is -2.19. The van der Waals surface area contributed by atoms with E-state index in [1.807, 2.05) is 55.5 Å². The number of aliphatic hydroxyl groups excluding tert-OH is 1.